The van der Waals surface area contributed by atoms with E-state index in [0.29, 0.717) is 24.9 Å². The van der Waals surface area contributed by atoms with Crippen LogP contribution in [0.15, 0.2) is 25.3 Å². The lowest BCUT2D eigenvalue weighted by Crippen LogP contribution is -2.32. The van der Waals surface area contributed by atoms with Crippen molar-refractivity contribution in [2.75, 3.05) is 13.2 Å². The molecule has 0 aromatic carbocycles. The standard InChI is InChI=1S/C10H16O.C6H10O/c1-9(2)7-4-5-10(9,3)8(11)6-7;1-3-5-7-6-4-2/h7H,4-6H2,1-3H3;3-4H,1-2,5-6H2. The molecule has 0 aromatic heterocycles. The second-order valence-corrected chi connectivity index (χ2v) is 6.03. The summed E-state index contributed by atoms with van der Waals surface area (Å²) in [5, 5.41) is 0. The van der Waals surface area contributed by atoms with Gasteiger partial charge in [0, 0.05) is 11.8 Å². The molecule has 0 radical (unpaired) electrons. The zero-order chi connectivity index (χ0) is 13.8. The molecule has 0 heterocycles. The maximum atomic E-state index is 11.6. The third-order valence-electron chi connectivity index (χ3n) is 4.95. The maximum absolute atomic E-state index is 11.6. The van der Waals surface area contributed by atoms with Gasteiger partial charge in [0.15, 0.2) is 0 Å². The Bertz CT molecular complexity index is 322. The second-order valence-electron chi connectivity index (χ2n) is 6.03. The van der Waals surface area contributed by atoms with Crippen LogP contribution in [0.5, 0.6) is 0 Å². The quantitative estimate of drug-likeness (QED) is 0.560. The predicted molar refractivity (Wildman–Crippen MR) is 75.4 cm³/mol. The molecule has 2 saturated carbocycles. The first-order valence-corrected chi connectivity index (χ1v) is 6.73. The molecule has 0 amide bonds. The van der Waals surface area contributed by atoms with E-state index in [4.69, 9.17) is 4.74 Å². The van der Waals surface area contributed by atoms with E-state index in [2.05, 4.69) is 33.9 Å². The number of fused-ring (bicyclic) bond motifs is 2. The Balaban J connectivity index is 0.000000203. The van der Waals surface area contributed by atoms with Crippen molar-refractivity contribution in [2.45, 2.75) is 40.0 Å². The van der Waals surface area contributed by atoms with Gasteiger partial charge in [0.2, 0.25) is 0 Å². The van der Waals surface area contributed by atoms with Gasteiger partial charge in [-0.2, -0.15) is 0 Å². The van der Waals surface area contributed by atoms with Gasteiger partial charge in [0.05, 0.1) is 13.2 Å². The normalized spacial score (nSPS) is 31.7. The summed E-state index contributed by atoms with van der Waals surface area (Å²) in [5.74, 6) is 1.19. The Morgan fingerprint density at radius 3 is 2.06 bits per heavy atom. The monoisotopic (exact) mass is 250 g/mol. The van der Waals surface area contributed by atoms with Crippen molar-refractivity contribution in [3.8, 4) is 0 Å². The molecule has 2 aliphatic carbocycles. The minimum absolute atomic E-state index is 0.0255. The fourth-order valence-electron chi connectivity index (χ4n) is 3.14. The number of hydrogen-bond donors (Lipinski definition) is 0. The number of hydrogen-bond acceptors (Lipinski definition) is 2. The second kappa shape index (κ2) is 5.83. The number of rotatable bonds is 4. The molecule has 2 atom stereocenters. The first-order valence-electron chi connectivity index (χ1n) is 6.73. The summed E-state index contributed by atoms with van der Waals surface area (Å²) in [7, 11) is 0. The van der Waals surface area contributed by atoms with Crippen molar-refractivity contribution in [1.29, 1.82) is 0 Å². The number of carbonyl (C=O) groups excluding carboxylic acids is 1. The first-order chi connectivity index (χ1) is 8.40. The van der Waals surface area contributed by atoms with Crippen LogP contribution in [0, 0.1) is 16.7 Å². The van der Waals surface area contributed by atoms with E-state index in [-0.39, 0.29) is 10.8 Å². The van der Waals surface area contributed by atoms with Gasteiger partial charge >= 0.3 is 0 Å². The zero-order valence-corrected chi connectivity index (χ0v) is 12.0. The van der Waals surface area contributed by atoms with E-state index in [1.165, 1.54) is 6.42 Å². The van der Waals surface area contributed by atoms with Crippen molar-refractivity contribution in [1.82, 2.24) is 0 Å². The first kappa shape index (κ1) is 15.2. The van der Waals surface area contributed by atoms with Crippen molar-refractivity contribution in [3.63, 3.8) is 0 Å². The summed E-state index contributed by atoms with van der Waals surface area (Å²) in [4.78, 5) is 11.6. The Morgan fingerprint density at radius 2 is 1.83 bits per heavy atom. The highest BCUT2D eigenvalue weighted by Gasteiger charge is 2.61. The Labute approximate surface area is 111 Å². The van der Waals surface area contributed by atoms with E-state index in [0.717, 1.165) is 12.8 Å². The Hall–Kier alpha value is -0.890. The summed E-state index contributed by atoms with van der Waals surface area (Å²) in [6.45, 7) is 14.9. The van der Waals surface area contributed by atoms with Crippen LogP contribution in [0.3, 0.4) is 0 Å². The van der Waals surface area contributed by atoms with Gasteiger partial charge in [-0.15, -0.1) is 13.2 Å². The molecule has 0 saturated heterocycles. The molecule has 2 bridgehead atoms. The third kappa shape index (κ3) is 2.59. The van der Waals surface area contributed by atoms with Gasteiger partial charge in [-0.05, 0) is 24.2 Å². The van der Waals surface area contributed by atoms with Crippen LogP contribution < -0.4 is 0 Å². The van der Waals surface area contributed by atoms with E-state index in [1.54, 1.807) is 12.2 Å². The van der Waals surface area contributed by atoms with Gasteiger partial charge in [0.25, 0.3) is 0 Å². The molecule has 0 spiro atoms. The molecule has 2 rings (SSSR count). The fourth-order valence-corrected chi connectivity index (χ4v) is 3.14. The molecular formula is C16H26O2. The molecule has 2 fully saturated rings. The van der Waals surface area contributed by atoms with Crippen molar-refractivity contribution < 1.29 is 9.53 Å². The highest BCUT2D eigenvalue weighted by molar-refractivity contribution is 5.89. The van der Waals surface area contributed by atoms with Crippen molar-refractivity contribution in [3.05, 3.63) is 25.3 Å². The molecule has 102 valence electrons. The van der Waals surface area contributed by atoms with Crippen LogP contribution in [-0.2, 0) is 9.53 Å². The van der Waals surface area contributed by atoms with Gasteiger partial charge in [-0.25, -0.2) is 0 Å². The lowest BCUT2D eigenvalue weighted by atomic mass is 9.70. The Morgan fingerprint density at radius 1 is 1.28 bits per heavy atom. The van der Waals surface area contributed by atoms with E-state index in [9.17, 15) is 4.79 Å². The van der Waals surface area contributed by atoms with Gasteiger partial charge in [-0.3, -0.25) is 4.79 Å². The summed E-state index contributed by atoms with van der Waals surface area (Å²) in [5.41, 5.74) is 0.307. The zero-order valence-electron chi connectivity index (χ0n) is 12.0. The van der Waals surface area contributed by atoms with Gasteiger partial charge in [-0.1, -0.05) is 32.9 Å². The van der Waals surface area contributed by atoms with Crippen LogP contribution in [0.1, 0.15) is 40.0 Å². The average Bonchev–Trinajstić information content (AvgIpc) is 2.64. The van der Waals surface area contributed by atoms with Gasteiger partial charge in [0.1, 0.15) is 5.78 Å². The SMILES string of the molecule is C=CCOCC=C.CC12CCC(CC1=O)C2(C)C. The van der Waals surface area contributed by atoms with Crippen LogP contribution in [-0.4, -0.2) is 19.0 Å². The van der Waals surface area contributed by atoms with Crippen molar-refractivity contribution in [2.24, 2.45) is 16.7 Å². The number of carbonyl (C=O) groups is 1. The smallest absolute Gasteiger partial charge is 0.139 e. The molecule has 2 nitrogen and oxygen atoms in total. The molecule has 0 aliphatic heterocycles. The van der Waals surface area contributed by atoms with E-state index < -0.39 is 0 Å². The predicted octanol–water partition coefficient (Wildman–Crippen LogP) is 3.78. The summed E-state index contributed by atoms with van der Waals surface area (Å²) < 4.78 is 4.90. The minimum atomic E-state index is 0.0255. The lowest BCUT2D eigenvalue weighted by molar-refractivity contribution is -0.128. The topological polar surface area (TPSA) is 26.3 Å². The van der Waals surface area contributed by atoms with Crippen LogP contribution in [0.2, 0.25) is 0 Å². The average molecular weight is 250 g/mol. The summed E-state index contributed by atoms with van der Waals surface area (Å²) in [6.07, 6.45) is 6.68. The van der Waals surface area contributed by atoms with Crippen molar-refractivity contribution >= 4 is 5.78 Å². The van der Waals surface area contributed by atoms with E-state index >= 15 is 0 Å². The molecule has 2 unspecified atom stereocenters. The van der Waals surface area contributed by atoms with Crippen LogP contribution in [0.4, 0.5) is 0 Å². The third-order valence-corrected chi connectivity index (χ3v) is 4.95. The molecular weight excluding hydrogens is 224 g/mol. The summed E-state index contributed by atoms with van der Waals surface area (Å²) in [6, 6.07) is 0. The molecule has 0 N–H and O–H groups in total. The minimum Gasteiger partial charge on any atom is -0.373 e. The molecule has 18 heavy (non-hydrogen) atoms. The highest BCUT2D eigenvalue weighted by Crippen LogP contribution is 2.63. The largest absolute Gasteiger partial charge is 0.373 e. The molecule has 0 aromatic rings. The molecule has 2 aliphatic rings. The van der Waals surface area contributed by atoms with Gasteiger partial charge < -0.3 is 4.74 Å². The maximum Gasteiger partial charge on any atom is 0.139 e. The van der Waals surface area contributed by atoms with Crippen LogP contribution >= 0.6 is 0 Å². The highest BCUT2D eigenvalue weighted by atomic mass is 16.5. The van der Waals surface area contributed by atoms with Crippen LogP contribution in [0.25, 0.3) is 0 Å². The summed E-state index contributed by atoms with van der Waals surface area (Å²) >= 11 is 0. The lowest BCUT2D eigenvalue weighted by Gasteiger charge is -2.32. The number of Topliss-reactive ketones (excluding diaryl/α,β-unsaturated/α-hetero) is 1. The molecule has 2 heteroatoms. The fraction of sp³-hybridized carbons (Fsp3) is 0.688. The number of ether oxygens (including phenoxy) is 1. The number of ketones is 1. The Kier molecular flexibility index (Phi) is 4.92. The van der Waals surface area contributed by atoms with E-state index in [1.807, 2.05) is 0 Å².